The third-order valence-corrected chi connectivity index (χ3v) is 4.40. The third-order valence-electron chi connectivity index (χ3n) is 4.01. The number of ether oxygens (including phenoxy) is 1. The van der Waals surface area contributed by atoms with Crippen molar-refractivity contribution in [2.45, 2.75) is 12.3 Å². The van der Waals surface area contributed by atoms with Crippen LogP contribution in [0.4, 0.5) is 0 Å². The van der Waals surface area contributed by atoms with Crippen LogP contribution in [0.2, 0.25) is 0 Å². The number of benzene rings is 1. The number of hydrogen-bond donors (Lipinski definition) is 0. The van der Waals surface area contributed by atoms with Crippen molar-refractivity contribution in [3.63, 3.8) is 0 Å². The van der Waals surface area contributed by atoms with Crippen molar-refractivity contribution in [1.82, 2.24) is 14.5 Å². The zero-order valence-corrected chi connectivity index (χ0v) is 12.7. The van der Waals surface area contributed by atoms with Gasteiger partial charge in [0.05, 0.1) is 29.6 Å². The number of rotatable bonds is 3. The smallest absolute Gasteiger partial charge is 0.106 e. The Morgan fingerprint density at radius 2 is 2.10 bits per heavy atom. The average Bonchev–Trinajstić information content (AvgIpc) is 2.74. The normalized spacial score (nSPS) is 18.6. The van der Waals surface area contributed by atoms with Gasteiger partial charge >= 0.3 is 0 Å². The SMILES string of the molecule is Cc1nc2cc(C(Cl)CN3CCOCC3)ccc2n1C. The molecule has 1 unspecified atom stereocenters. The van der Waals surface area contributed by atoms with E-state index in [0.717, 1.165) is 55.3 Å². The van der Waals surface area contributed by atoms with Crippen LogP contribution in [0.1, 0.15) is 16.8 Å². The molecule has 1 aromatic carbocycles. The molecular weight excluding hydrogens is 274 g/mol. The van der Waals surface area contributed by atoms with Gasteiger partial charge in [-0.3, -0.25) is 4.90 Å². The van der Waals surface area contributed by atoms with Gasteiger partial charge in [-0.05, 0) is 24.6 Å². The molecule has 1 atom stereocenters. The Balaban J connectivity index is 1.78. The molecule has 0 saturated carbocycles. The number of alkyl halides is 1. The molecule has 4 nitrogen and oxygen atoms in total. The van der Waals surface area contributed by atoms with E-state index < -0.39 is 0 Å². The largest absolute Gasteiger partial charge is 0.379 e. The van der Waals surface area contributed by atoms with Crippen LogP contribution in [0.25, 0.3) is 11.0 Å². The van der Waals surface area contributed by atoms with Crippen LogP contribution >= 0.6 is 11.6 Å². The molecule has 0 amide bonds. The van der Waals surface area contributed by atoms with Gasteiger partial charge in [-0.2, -0.15) is 0 Å². The van der Waals surface area contributed by atoms with Gasteiger partial charge in [0.15, 0.2) is 0 Å². The predicted molar refractivity (Wildman–Crippen MR) is 81.3 cm³/mol. The minimum absolute atomic E-state index is 0.000174. The van der Waals surface area contributed by atoms with E-state index in [4.69, 9.17) is 16.3 Å². The highest BCUT2D eigenvalue weighted by molar-refractivity contribution is 6.21. The molecule has 5 heteroatoms. The summed E-state index contributed by atoms with van der Waals surface area (Å²) in [6, 6.07) is 6.33. The summed E-state index contributed by atoms with van der Waals surface area (Å²) in [5.74, 6) is 1.02. The summed E-state index contributed by atoms with van der Waals surface area (Å²) in [6.07, 6.45) is 0. The van der Waals surface area contributed by atoms with E-state index in [2.05, 4.69) is 32.7 Å². The van der Waals surface area contributed by atoms with Gasteiger partial charge in [-0.25, -0.2) is 4.98 Å². The zero-order valence-electron chi connectivity index (χ0n) is 12.0. The molecule has 108 valence electrons. The number of fused-ring (bicyclic) bond motifs is 1. The quantitative estimate of drug-likeness (QED) is 0.815. The minimum atomic E-state index is -0.000174. The van der Waals surface area contributed by atoms with Crippen molar-refractivity contribution in [3.8, 4) is 0 Å². The Morgan fingerprint density at radius 1 is 1.35 bits per heavy atom. The van der Waals surface area contributed by atoms with Gasteiger partial charge in [0.1, 0.15) is 5.82 Å². The van der Waals surface area contributed by atoms with E-state index in [1.165, 1.54) is 0 Å². The van der Waals surface area contributed by atoms with Crippen molar-refractivity contribution in [1.29, 1.82) is 0 Å². The first-order valence-electron chi connectivity index (χ1n) is 7.02. The topological polar surface area (TPSA) is 30.3 Å². The molecule has 0 radical (unpaired) electrons. The molecule has 0 aliphatic carbocycles. The molecule has 0 bridgehead atoms. The van der Waals surface area contributed by atoms with Crippen LogP contribution in [0.3, 0.4) is 0 Å². The molecule has 0 spiro atoms. The fourth-order valence-electron chi connectivity index (χ4n) is 2.65. The molecule has 20 heavy (non-hydrogen) atoms. The maximum absolute atomic E-state index is 6.57. The molecule has 1 aliphatic rings. The standard InChI is InChI=1S/C15H20ClN3O/c1-11-17-14-9-12(3-4-15(14)18(11)2)13(16)10-19-5-7-20-8-6-19/h3-4,9,13H,5-8,10H2,1-2H3. The predicted octanol–water partition coefficient (Wildman–Crippen LogP) is 2.49. The highest BCUT2D eigenvalue weighted by Gasteiger charge is 2.17. The van der Waals surface area contributed by atoms with Gasteiger partial charge in [-0.1, -0.05) is 6.07 Å². The summed E-state index contributed by atoms with van der Waals surface area (Å²) in [7, 11) is 2.04. The van der Waals surface area contributed by atoms with Crippen LogP contribution in [0.15, 0.2) is 18.2 Å². The monoisotopic (exact) mass is 293 g/mol. The van der Waals surface area contributed by atoms with Crippen molar-refractivity contribution in [2.24, 2.45) is 7.05 Å². The van der Waals surface area contributed by atoms with Gasteiger partial charge in [0.2, 0.25) is 0 Å². The lowest BCUT2D eigenvalue weighted by Crippen LogP contribution is -2.38. The summed E-state index contributed by atoms with van der Waals surface area (Å²) < 4.78 is 7.46. The Bertz CT molecular complexity index is 604. The number of hydrogen-bond acceptors (Lipinski definition) is 3. The Hall–Kier alpha value is -1.10. The number of aromatic nitrogens is 2. The van der Waals surface area contributed by atoms with Gasteiger partial charge in [0, 0.05) is 26.7 Å². The van der Waals surface area contributed by atoms with E-state index in [0.29, 0.717) is 0 Å². The Morgan fingerprint density at radius 3 is 2.85 bits per heavy atom. The summed E-state index contributed by atoms with van der Waals surface area (Å²) in [4.78, 5) is 6.93. The molecule has 1 aromatic heterocycles. The van der Waals surface area contributed by atoms with E-state index >= 15 is 0 Å². The lowest BCUT2D eigenvalue weighted by Gasteiger charge is -2.28. The van der Waals surface area contributed by atoms with Crippen LogP contribution in [-0.4, -0.2) is 47.3 Å². The highest BCUT2D eigenvalue weighted by Crippen LogP contribution is 2.26. The van der Waals surface area contributed by atoms with Gasteiger partial charge in [-0.15, -0.1) is 11.6 Å². The molecule has 0 N–H and O–H groups in total. The second-order valence-electron chi connectivity index (χ2n) is 5.35. The summed E-state index contributed by atoms with van der Waals surface area (Å²) >= 11 is 6.57. The fraction of sp³-hybridized carbons (Fsp3) is 0.533. The maximum Gasteiger partial charge on any atom is 0.106 e. The molecule has 1 fully saturated rings. The number of nitrogens with zero attached hydrogens (tertiary/aromatic N) is 3. The second-order valence-corrected chi connectivity index (χ2v) is 5.87. The highest BCUT2D eigenvalue weighted by atomic mass is 35.5. The van der Waals surface area contributed by atoms with Crippen LogP contribution < -0.4 is 0 Å². The molecule has 1 saturated heterocycles. The Kier molecular flexibility index (Phi) is 3.96. The Labute approximate surface area is 124 Å². The van der Waals surface area contributed by atoms with E-state index in [9.17, 15) is 0 Å². The number of imidazole rings is 1. The average molecular weight is 294 g/mol. The second kappa shape index (κ2) is 5.72. The van der Waals surface area contributed by atoms with Crippen molar-refractivity contribution in [3.05, 3.63) is 29.6 Å². The van der Waals surface area contributed by atoms with E-state index in [1.807, 2.05) is 14.0 Å². The lowest BCUT2D eigenvalue weighted by molar-refractivity contribution is 0.0379. The first-order valence-corrected chi connectivity index (χ1v) is 7.46. The molecule has 1 aliphatic heterocycles. The third kappa shape index (κ3) is 2.68. The lowest BCUT2D eigenvalue weighted by atomic mass is 10.1. The fourth-order valence-corrected chi connectivity index (χ4v) is 2.98. The van der Waals surface area contributed by atoms with E-state index in [-0.39, 0.29) is 5.38 Å². The van der Waals surface area contributed by atoms with Gasteiger partial charge in [0.25, 0.3) is 0 Å². The van der Waals surface area contributed by atoms with Crippen molar-refractivity contribution >= 4 is 22.6 Å². The first kappa shape index (κ1) is 13.9. The maximum atomic E-state index is 6.57. The molecule has 2 aromatic rings. The van der Waals surface area contributed by atoms with Crippen LogP contribution in [-0.2, 0) is 11.8 Å². The van der Waals surface area contributed by atoms with Crippen LogP contribution in [0, 0.1) is 6.92 Å². The van der Waals surface area contributed by atoms with Crippen LogP contribution in [0.5, 0.6) is 0 Å². The minimum Gasteiger partial charge on any atom is -0.379 e. The molecule has 2 heterocycles. The number of halogens is 1. The van der Waals surface area contributed by atoms with Crippen molar-refractivity contribution in [2.75, 3.05) is 32.8 Å². The summed E-state index contributed by atoms with van der Waals surface area (Å²) in [6.45, 7) is 6.43. The summed E-state index contributed by atoms with van der Waals surface area (Å²) in [5.41, 5.74) is 3.32. The summed E-state index contributed by atoms with van der Waals surface area (Å²) in [5, 5.41) is -0.000174. The number of aryl methyl sites for hydroxylation is 2. The first-order chi connectivity index (χ1) is 9.65. The van der Waals surface area contributed by atoms with E-state index in [1.54, 1.807) is 0 Å². The molecule has 3 rings (SSSR count). The number of morpholine rings is 1. The van der Waals surface area contributed by atoms with Gasteiger partial charge < -0.3 is 9.30 Å². The molecular formula is C15H20ClN3O. The zero-order chi connectivity index (χ0) is 14.1. The van der Waals surface area contributed by atoms with Crippen molar-refractivity contribution < 1.29 is 4.74 Å².